The smallest absolute Gasteiger partial charge is 0.0107 e. The molecule has 2 heteroatoms. The fourth-order valence-electron chi connectivity index (χ4n) is 4.03. The lowest BCUT2D eigenvalue weighted by Crippen LogP contribution is -2.34. The second kappa shape index (κ2) is 6.53. The summed E-state index contributed by atoms with van der Waals surface area (Å²) in [5.74, 6) is 2.09. The predicted molar refractivity (Wildman–Crippen MR) is 88.6 cm³/mol. The van der Waals surface area contributed by atoms with Crippen LogP contribution in [-0.4, -0.2) is 18.8 Å². The van der Waals surface area contributed by atoms with E-state index in [0.717, 1.165) is 5.92 Å². The maximum atomic E-state index is 3.71. The number of hydrogen-bond donors (Lipinski definition) is 1. The lowest BCUT2D eigenvalue weighted by molar-refractivity contribution is 0.243. The molecule has 1 unspecified atom stereocenters. The summed E-state index contributed by atoms with van der Waals surface area (Å²) in [6.45, 7) is 4.68. The van der Waals surface area contributed by atoms with Gasteiger partial charge in [-0.1, -0.05) is 38.0 Å². The molecule has 0 amide bonds. The fraction of sp³-hybridized carbons (Fsp3) is 0.667. The summed E-state index contributed by atoms with van der Waals surface area (Å²) < 4.78 is 0. The first kappa shape index (κ1) is 14.5. The monoisotopic (exact) mass is 289 g/mol. The predicted octanol–water partition coefficient (Wildman–Crippen LogP) is 4.83. The van der Waals surface area contributed by atoms with Crippen molar-refractivity contribution in [2.75, 3.05) is 18.8 Å². The zero-order chi connectivity index (χ0) is 13.8. The van der Waals surface area contributed by atoms with E-state index in [1.54, 1.807) is 5.56 Å². The minimum atomic E-state index is 0.581. The average Bonchev–Trinajstić information content (AvgIpc) is 3.08. The van der Waals surface area contributed by atoms with Crippen molar-refractivity contribution in [3.05, 3.63) is 29.8 Å². The summed E-state index contributed by atoms with van der Waals surface area (Å²) in [6, 6.07) is 9.06. The summed E-state index contributed by atoms with van der Waals surface area (Å²) in [7, 11) is 0. The second-order valence-corrected chi connectivity index (χ2v) is 7.70. The Morgan fingerprint density at radius 3 is 2.85 bits per heavy atom. The molecule has 1 atom stereocenters. The Kier molecular flexibility index (Phi) is 4.72. The fourth-order valence-corrected chi connectivity index (χ4v) is 5.28. The Hall–Kier alpha value is -0.470. The van der Waals surface area contributed by atoms with Gasteiger partial charge in [-0.2, -0.15) is 0 Å². The lowest BCUT2D eigenvalue weighted by Gasteiger charge is -2.32. The number of hydrogen-bond acceptors (Lipinski definition) is 2. The molecule has 1 fully saturated rings. The van der Waals surface area contributed by atoms with Crippen LogP contribution in [0.15, 0.2) is 29.2 Å². The number of benzene rings is 1. The lowest BCUT2D eigenvalue weighted by atomic mass is 9.76. The van der Waals surface area contributed by atoms with E-state index in [9.17, 15) is 0 Å². The summed E-state index contributed by atoms with van der Waals surface area (Å²) in [6.07, 6.45) is 8.40. The highest BCUT2D eigenvalue weighted by Crippen LogP contribution is 2.49. The standard InChI is InChI=1S/C18H27NS/c1-2-11-19-14-18(9-5-6-10-18)12-15-13-20-17-8-4-3-7-16(15)17/h3-4,7-8,15,19H,2,5-6,9-14H2,1H3. The van der Waals surface area contributed by atoms with E-state index >= 15 is 0 Å². The van der Waals surface area contributed by atoms with Crippen molar-refractivity contribution in [2.45, 2.75) is 56.3 Å². The van der Waals surface area contributed by atoms with Gasteiger partial charge in [-0.25, -0.2) is 0 Å². The molecule has 0 aromatic heterocycles. The highest BCUT2D eigenvalue weighted by atomic mass is 32.2. The molecule has 110 valence electrons. The Morgan fingerprint density at radius 1 is 1.25 bits per heavy atom. The van der Waals surface area contributed by atoms with Crippen molar-refractivity contribution in [3.8, 4) is 0 Å². The van der Waals surface area contributed by atoms with Gasteiger partial charge in [0, 0.05) is 17.2 Å². The third kappa shape index (κ3) is 3.07. The van der Waals surface area contributed by atoms with Crippen LogP contribution in [0.2, 0.25) is 0 Å². The van der Waals surface area contributed by atoms with E-state index in [2.05, 4.69) is 48.3 Å². The molecule has 1 heterocycles. The van der Waals surface area contributed by atoms with E-state index in [0.29, 0.717) is 5.41 Å². The van der Waals surface area contributed by atoms with Gasteiger partial charge in [-0.15, -0.1) is 11.8 Å². The minimum absolute atomic E-state index is 0.581. The van der Waals surface area contributed by atoms with Crippen LogP contribution in [0.1, 0.15) is 56.9 Å². The van der Waals surface area contributed by atoms with Crippen LogP contribution >= 0.6 is 11.8 Å². The Bertz CT molecular complexity index is 437. The van der Waals surface area contributed by atoms with Gasteiger partial charge in [0.25, 0.3) is 0 Å². The van der Waals surface area contributed by atoms with E-state index in [1.807, 2.05) is 0 Å². The van der Waals surface area contributed by atoms with E-state index in [1.165, 1.54) is 62.3 Å². The molecule has 2 aliphatic rings. The van der Waals surface area contributed by atoms with E-state index in [4.69, 9.17) is 0 Å². The van der Waals surface area contributed by atoms with Crippen molar-refractivity contribution in [1.29, 1.82) is 0 Å². The molecule has 3 rings (SSSR count). The van der Waals surface area contributed by atoms with Crippen LogP contribution in [0.25, 0.3) is 0 Å². The molecule has 1 N–H and O–H groups in total. The highest BCUT2D eigenvalue weighted by Gasteiger charge is 2.37. The third-order valence-corrected chi connectivity index (χ3v) is 6.32. The Morgan fingerprint density at radius 2 is 2.05 bits per heavy atom. The second-order valence-electron chi connectivity index (χ2n) is 6.63. The van der Waals surface area contributed by atoms with E-state index in [-0.39, 0.29) is 0 Å². The number of thioether (sulfide) groups is 1. The van der Waals surface area contributed by atoms with Crippen molar-refractivity contribution in [2.24, 2.45) is 5.41 Å². The van der Waals surface area contributed by atoms with Crippen molar-refractivity contribution in [1.82, 2.24) is 5.32 Å². The van der Waals surface area contributed by atoms with Crippen LogP contribution in [-0.2, 0) is 0 Å². The molecule has 1 nitrogen and oxygen atoms in total. The van der Waals surface area contributed by atoms with Gasteiger partial charge in [0.15, 0.2) is 0 Å². The molecule has 1 aliphatic carbocycles. The van der Waals surface area contributed by atoms with Crippen molar-refractivity contribution < 1.29 is 0 Å². The molecule has 0 radical (unpaired) electrons. The number of nitrogens with one attached hydrogen (secondary N) is 1. The molecule has 1 aromatic carbocycles. The van der Waals surface area contributed by atoms with Gasteiger partial charge in [0.2, 0.25) is 0 Å². The van der Waals surface area contributed by atoms with Crippen molar-refractivity contribution >= 4 is 11.8 Å². The zero-order valence-electron chi connectivity index (χ0n) is 12.7. The Labute approximate surface area is 127 Å². The molecular formula is C18H27NS. The Balaban J connectivity index is 1.68. The molecule has 1 saturated carbocycles. The largest absolute Gasteiger partial charge is 0.316 e. The van der Waals surface area contributed by atoms with Gasteiger partial charge in [0.05, 0.1) is 0 Å². The van der Waals surface area contributed by atoms with Crippen LogP contribution in [0.3, 0.4) is 0 Å². The van der Waals surface area contributed by atoms with Gasteiger partial charge >= 0.3 is 0 Å². The number of rotatable bonds is 6. The van der Waals surface area contributed by atoms with Crippen LogP contribution < -0.4 is 5.32 Å². The van der Waals surface area contributed by atoms with Gasteiger partial charge in [-0.05, 0) is 55.2 Å². The van der Waals surface area contributed by atoms with Crippen LogP contribution in [0.4, 0.5) is 0 Å². The first-order valence-corrected chi connectivity index (χ1v) is 9.24. The van der Waals surface area contributed by atoms with Gasteiger partial charge in [0.1, 0.15) is 0 Å². The summed E-state index contributed by atoms with van der Waals surface area (Å²) in [5.41, 5.74) is 2.21. The first-order chi connectivity index (χ1) is 9.83. The van der Waals surface area contributed by atoms with Crippen molar-refractivity contribution in [3.63, 3.8) is 0 Å². The molecule has 0 saturated heterocycles. The molecule has 20 heavy (non-hydrogen) atoms. The minimum Gasteiger partial charge on any atom is -0.316 e. The summed E-state index contributed by atoms with van der Waals surface area (Å²) >= 11 is 2.07. The number of fused-ring (bicyclic) bond motifs is 1. The molecule has 0 bridgehead atoms. The highest BCUT2D eigenvalue weighted by molar-refractivity contribution is 7.99. The first-order valence-electron chi connectivity index (χ1n) is 8.25. The maximum absolute atomic E-state index is 3.71. The van der Waals surface area contributed by atoms with Crippen LogP contribution in [0.5, 0.6) is 0 Å². The van der Waals surface area contributed by atoms with Gasteiger partial charge < -0.3 is 5.32 Å². The topological polar surface area (TPSA) is 12.0 Å². The van der Waals surface area contributed by atoms with Gasteiger partial charge in [-0.3, -0.25) is 0 Å². The van der Waals surface area contributed by atoms with Crippen LogP contribution in [0, 0.1) is 5.41 Å². The van der Waals surface area contributed by atoms with E-state index < -0.39 is 0 Å². The maximum Gasteiger partial charge on any atom is 0.0107 e. The quantitative estimate of drug-likeness (QED) is 0.753. The molecular weight excluding hydrogens is 262 g/mol. The third-order valence-electron chi connectivity index (χ3n) is 5.07. The zero-order valence-corrected chi connectivity index (χ0v) is 13.5. The average molecular weight is 289 g/mol. The molecule has 1 aliphatic heterocycles. The summed E-state index contributed by atoms with van der Waals surface area (Å²) in [5, 5.41) is 3.71. The normalized spacial score (nSPS) is 23.9. The molecule has 0 spiro atoms. The summed E-state index contributed by atoms with van der Waals surface area (Å²) in [4.78, 5) is 1.53. The SMILES string of the molecule is CCCNCC1(CC2CSc3ccccc32)CCCC1. The molecule has 1 aromatic rings.